The first-order chi connectivity index (χ1) is 8.77. The molecule has 0 radical (unpaired) electrons. The van der Waals surface area contributed by atoms with Crippen LogP contribution in [0.15, 0.2) is 6.20 Å². The van der Waals surface area contributed by atoms with Crippen molar-refractivity contribution < 1.29 is 14.0 Å². The van der Waals surface area contributed by atoms with Gasteiger partial charge in [-0.2, -0.15) is 4.98 Å². The lowest BCUT2D eigenvalue weighted by Crippen LogP contribution is -2.41. The minimum atomic E-state index is -0.552. The van der Waals surface area contributed by atoms with Crippen molar-refractivity contribution in [3.8, 4) is 5.88 Å². The third kappa shape index (κ3) is 2.71. The second-order valence-corrected chi connectivity index (χ2v) is 5.76. The van der Waals surface area contributed by atoms with Crippen LogP contribution in [0.4, 0.5) is 0 Å². The van der Waals surface area contributed by atoms with E-state index in [1.165, 1.54) is 0 Å². The van der Waals surface area contributed by atoms with E-state index in [1.54, 1.807) is 6.20 Å². The Kier molecular flexibility index (Phi) is 3.77. The third-order valence-corrected chi connectivity index (χ3v) is 3.72. The summed E-state index contributed by atoms with van der Waals surface area (Å²) < 4.78 is 17.4. The van der Waals surface area contributed by atoms with Crippen LogP contribution in [0.25, 0.3) is 0 Å². The fourth-order valence-electron chi connectivity index (χ4n) is 1.74. The predicted molar refractivity (Wildman–Crippen MR) is 73.9 cm³/mol. The zero-order chi connectivity index (χ0) is 14.3. The summed E-state index contributed by atoms with van der Waals surface area (Å²) in [5, 5.41) is 0.142. The molecule has 1 saturated heterocycles. The molecule has 0 saturated carbocycles. The van der Waals surface area contributed by atoms with Crippen LogP contribution < -0.4 is 10.2 Å². The van der Waals surface area contributed by atoms with Gasteiger partial charge in [-0.25, -0.2) is 4.98 Å². The second kappa shape index (κ2) is 4.92. The standard InChI is InChI=1S/C12H18BClN2O3/c1-6-17-9-8(7-15-10(14)16-9)13-18-11(2,3)12(4,5)19-13/h7H,6H2,1-5H3. The Morgan fingerprint density at radius 3 is 2.37 bits per heavy atom. The zero-order valence-electron chi connectivity index (χ0n) is 11.9. The quantitative estimate of drug-likeness (QED) is 0.626. The van der Waals surface area contributed by atoms with Gasteiger partial charge in [-0.1, -0.05) is 0 Å². The molecule has 1 fully saturated rings. The smallest absolute Gasteiger partial charge is 0.478 e. The summed E-state index contributed by atoms with van der Waals surface area (Å²) in [4.78, 5) is 8.05. The van der Waals surface area contributed by atoms with Gasteiger partial charge >= 0.3 is 7.12 Å². The molecular weight excluding hydrogens is 266 g/mol. The Morgan fingerprint density at radius 2 is 1.84 bits per heavy atom. The Labute approximate surface area is 118 Å². The first kappa shape index (κ1) is 14.6. The van der Waals surface area contributed by atoms with Gasteiger partial charge < -0.3 is 14.0 Å². The van der Waals surface area contributed by atoms with Gasteiger partial charge in [-0.05, 0) is 46.2 Å². The van der Waals surface area contributed by atoms with Gasteiger partial charge in [0.2, 0.25) is 11.2 Å². The summed E-state index contributed by atoms with van der Waals surface area (Å²) in [5.74, 6) is 0.404. The summed E-state index contributed by atoms with van der Waals surface area (Å²) in [6.45, 7) is 10.3. The van der Waals surface area contributed by atoms with E-state index in [0.717, 1.165) is 0 Å². The highest BCUT2D eigenvalue weighted by Crippen LogP contribution is 2.37. The van der Waals surface area contributed by atoms with Gasteiger partial charge in [0.1, 0.15) is 0 Å². The van der Waals surface area contributed by atoms with Crippen LogP contribution >= 0.6 is 11.6 Å². The fourth-order valence-corrected chi connectivity index (χ4v) is 1.86. The normalized spacial score (nSPS) is 20.6. The Balaban J connectivity index is 2.34. The van der Waals surface area contributed by atoms with E-state index in [4.69, 9.17) is 25.6 Å². The lowest BCUT2D eigenvalue weighted by molar-refractivity contribution is 0.00578. The highest BCUT2D eigenvalue weighted by molar-refractivity contribution is 6.63. The van der Waals surface area contributed by atoms with Crippen LogP contribution in [0.3, 0.4) is 0 Å². The SMILES string of the molecule is CCOc1nc(Cl)ncc1B1OC(C)(C)C(C)(C)O1. The molecule has 0 atom stereocenters. The molecule has 2 heterocycles. The molecule has 1 aromatic rings. The third-order valence-electron chi connectivity index (χ3n) is 3.54. The van der Waals surface area contributed by atoms with Crippen LogP contribution in [-0.2, 0) is 9.31 Å². The molecule has 104 valence electrons. The van der Waals surface area contributed by atoms with Gasteiger partial charge in [-0.15, -0.1) is 0 Å². The number of rotatable bonds is 3. The van der Waals surface area contributed by atoms with Crippen molar-refractivity contribution in [2.75, 3.05) is 6.61 Å². The molecule has 0 aliphatic carbocycles. The molecule has 0 N–H and O–H groups in total. The van der Waals surface area contributed by atoms with Crippen LogP contribution in [0.2, 0.25) is 5.28 Å². The number of nitrogens with zero attached hydrogens (tertiary/aromatic N) is 2. The minimum absolute atomic E-state index is 0.142. The molecule has 0 bridgehead atoms. The maximum atomic E-state index is 5.95. The van der Waals surface area contributed by atoms with E-state index in [9.17, 15) is 0 Å². The fraction of sp³-hybridized carbons (Fsp3) is 0.667. The molecule has 0 aromatic carbocycles. The number of halogens is 1. The summed E-state index contributed by atoms with van der Waals surface area (Å²) in [6.07, 6.45) is 1.59. The molecule has 0 amide bonds. The van der Waals surface area contributed by atoms with Crippen LogP contribution in [0.5, 0.6) is 5.88 Å². The van der Waals surface area contributed by atoms with E-state index in [2.05, 4.69) is 9.97 Å². The molecule has 7 heteroatoms. The summed E-state index contributed by atoms with van der Waals surface area (Å²) >= 11 is 5.79. The molecule has 0 unspecified atom stereocenters. The molecular formula is C12H18BClN2O3. The first-order valence-electron chi connectivity index (χ1n) is 6.27. The van der Waals surface area contributed by atoms with Gasteiger partial charge in [0.15, 0.2) is 0 Å². The topological polar surface area (TPSA) is 53.5 Å². The van der Waals surface area contributed by atoms with E-state index in [1.807, 2.05) is 34.6 Å². The lowest BCUT2D eigenvalue weighted by atomic mass is 9.81. The average molecular weight is 285 g/mol. The largest absolute Gasteiger partial charge is 0.502 e. The molecule has 5 nitrogen and oxygen atoms in total. The van der Waals surface area contributed by atoms with E-state index in [0.29, 0.717) is 17.9 Å². The summed E-state index contributed by atoms with van der Waals surface area (Å²) in [6, 6.07) is 0. The number of aromatic nitrogens is 2. The van der Waals surface area contributed by atoms with Crippen LogP contribution in [0.1, 0.15) is 34.6 Å². The molecule has 1 aliphatic rings. The van der Waals surface area contributed by atoms with Gasteiger partial charge in [-0.3, -0.25) is 0 Å². The van der Waals surface area contributed by atoms with Gasteiger partial charge in [0.05, 0.1) is 23.3 Å². The van der Waals surface area contributed by atoms with Gasteiger partial charge in [0, 0.05) is 6.20 Å². The number of hydrogen-bond donors (Lipinski definition) is 0. The molecule has 1 aliphatic heterocycles. The zero-order valence-corrected chi connectivity index (χ0v) is 12.6. The van der Waals surface area contributed by atoms with Crippen molar-refractivity contribution in [1.29, 1.82) is 0 Å². The number of hydrogen-bond acceptors (Lipinski definition) is 5. The maximum absolute atomic E-state index is 5.95. The van der Waals surface area contributed by atoms with Crippen molar-refractivity contribution in [2.45, 2.75) is 45.8 Å². The maximum Gasteiger partial charge on any atom is 0.502 e. The van der Waals surface area contributed by atoms with Gasteiger partial charge in [0.25, 0.3) is 0 Å². The summed E-state index contributed by atoms with van der Waals surface area (Å²) in [7, 11) is -0.552. The van der Waals surface area contributed by atoms with E-state index >= 15 is 0 Å². The van der Waals surface area contributed by atoms with Crippen molar-refractivity contribution in [3.63, 3.8) is 0 Å². The Hall–Kier alpha value is -0.845. The minimum Gasteiger partial charge on any atom is -0.478 e. The van der Waals surface area contributed by atoms with Crippen molar-refractivity contribution >= 4 is 24.2 Å². The van der Waals surface area contributed by atoms with Crippen molar-refractivity contribution in [1.82, 2.24) is 9.97 Å². The predicted octanol–water partition coefficient (Wildman–Crippen LogP) is 1.83. The first-order valence-corrected chi connectivity index (χ1v) is 6.65. The summed E-state index contributed by atoms with van der Waals surface area (Å²) in [5.41, 5.74) is -0.174. The van der Waals surface area contributed by atoms with Crippen LogP contribution in [0, 0.1) is 0 Å². The van der Waals surface area contributed by atoms with Crippen LogP contribution in [-0.4, -0.2) is 34.9 Å². The van der Waals surface area contributed by atoms with Crippen molar-refractivity contribution in [2.24, 2.45) is 0 Å². The number of ether oxygens (including phenoxy) is 1. The highest BCUT2D eigenvalue weighted by Gasteiger charge is 2.52. The molecule has 19 heavy (non-hydrogen) atoms. The Bertz CT molecular complexity index is 466. The molecule has 2 rings (SSSR count). The second-order valence-electron chi connectivity index (χ2n) is 5.42. The monoisotopic (exact) mass is 284 g/mol. The highest BCUT2D eigenvalue weighted by atomic mass is 35.5. The Morgan fingerprint density at radius 1 is 1.26 bits per heavy atom. The average Bonchev–Trinajstić information content (AvgIpc) is 2.48. The van der Waals surface area contributed by atoms with Crippen molar-refractivity contribution in [3.05, 3.63) is 11.5 Å². The van der Waals surface area contributed by atoms with E-state index in [-0.39, 0.29) is 5.28 Å². The molecule has 0 spiro atoms. The van der Waals surface area contributed by atoms with E-state index < -0.39 is 18.3 Å². The molecule has 1 aromatic heterocycles. The lowest BCUT2D eigenvalue weighted by Gasteiger charge is -2.32.